The average molecular weight is 563 g/mol. The molecule has 8 nitrogen and oxygen atoms in total. The van der Waals surface area contributed by atoms with Crippen LogP contribution in [0.15, 0.2) is 48.5 Å². The van der Waals surface area contributed by atoms with Gasteiger partial charge in [0.25, 0.3) is 0 Å². The minimum Gasteiger partial charge on any atom is -0.390 e. The summed E-state index contributed by atoms with van der Waals surface area (Å²) >= 11 is 0. The van der Waals surface area contributed by atoms with E-state index >= 15 is 0 Å². The molecule has 1 aliphatic carbocycles. The van der Waals surface area contributed by atoms with Crippen LogP contribution in [0.4, 0.5) is 18.9 Å². The zero-order valence-electron chi connectivity index (χ0n) is 21.1. The van der Waals surface area contributed by atoms with E-state index in [2.05, 4.69) is 0 Å². The SMILES string of the molecule is NC(=O)[C@@H]1CC(F)(F)CC[C@H]1c1nn(-c2ccc(F)cc2)c(CO)c1-c1ccc(N2CCS(=O)(=O)CC2)cc1. The Balaban J connectivity index is 1.60. The monoisotopic (exact) mass is 562 g/mol. The lowest BCUT2D eigenvalue weighted by Gasteiger charge is -2.34. The molecule has 1 saturated carbocycles. The third-order valence-corrected chi connectivity index (χ3v) is 9.25. The maximum Gasteiger partial charge on any atom is 0.249 e. The van der Waals surface area contributed by atoms with E-state index in [9.17, 15) is 31.5 Å². The summed E-state index contributed by atoms with van der Waals surface area (Å²) in [6.45, 7) is 0.275. The minimum atomic E-state index is -3.04. The molecule has 2 heterocycles. The number of nitrogens with zero attached hydrogens (tertiary/aromatic N) is 3. The molecule has 2 fully saturated rings. The van der Waals surface area contributed by atoms with Gasteiger partial charge >= 0.3 is 0 Å². The van der Waals surface area contributed by atoms with E-state index in [0.29, 0.717) is 41.3 Å². The maximum absolute atomic E-state index is 14.3. The van der Waals surface area contributed by atoms with Crippen LogP contribution in [0.2, 0.25) is 0 Å². The highest BCUT2D eigenvalue weighted by Gasteiger charge is 2.46. The second-order valence-corrected chi connectivity index (χ2v) is 12.5. The molecule has 5 rings (SSSR count). The smallest absolute Gasteiger partial charge is 0.249 e. The number of aliphatic hydroxyl groups excluding tert-OH is 1. The van der Waals surface area contributed by atoms with Crippen LogP contribution in [0.1, 0.15) is 36.6 Å². The molecule has 1 aliphatic heterocycles. The van der Waals surface area contributed by atoms with Crippen molar-refractivity contribution in [1.82, 2.24) is 9.78 Å². The molecule has 1 amide bonds. The van der Waals surface area contributed by atoms with Gasteiger partial charge in [0.05, 0.1) is 41.1 Å². The number of amides is 1. The molecule has 3 N–H and O–H groups in total. The van der Waals surface area contributed by atoms with Gasteiger partial charge in [0.15, 0.2) is 9.84 Å². The molecule has 2 atom stereocenters. The van der Waals surface area contributed by atoms with Crippen LogP contribution >= 0.6 is 0 Å². The summed E-state index contributed by atoms with van der Waals surface area (Å²) in [5, 5.41) is 15.1. The van der Waals surface area contributed by atoms with Crippen LogP contribution in [0.25, 0.3) is 16.8 Å². The number of rotatable bonds is 6. The second kappa shape index (κ2) is 10.3. The standard InChI is InChI=1S/C27H29F3N4O4S/c28-18-3-7-20(8-4-18)34-23(16-35)24(25(32-34)21-9-10-27(29,30)15-22(21)26(31)36)17-1-5-19(6-2-17)33-11-13-39(37,38)14-12-33/h1-8,21-22,35H,9-16H2,(H2,31,36)/t21-,22-/m1/s1. The fourth-order valence-corrected chi connectivity index (χ4v) is 6.76. The summed E-state index contributed by atoms with van der Waals surface area (Å²) in [6.07, 6.45) is -1.16. The first-order valence-electron chi connectivity index (χ1n) is 12.7. The first-order valence-corrected chi connectivity index (χ1v) is 14.5. The van der Waals surface area contributed by atoms with Crippen molar-refractivity contribution in [2.45, 2.75) is 37.7 Å². The van der Waals surface area contributed by atoms with Gasteiger partial charge in [-0.2, -0.15) is 5.10 Å². The number of primary amides is 1. The summed E-state index contributed by atoms with van der Waals surface area (Å²) in [5.74, 6) is -6.07. The quantitative estimate of drug-likeness (QED) is 0.476. The molecule has 2 aromatic carbocycles. The number of nitrogens with two attached hydrogens (primary N) is 1. The van der Waals surface area contributed by atoms with E-state index in [4.69, 9.17) is 10.8 Å². The molecule has 0 bridgehead atoms. The normalized spacial score (nSPS) is 22.5. The molecule has 0 unspecified atom stereocenters. The Labute approximate surface area is 224 Å². The highest BCUT2D eigenvalue weighted by atomic mass is 32.2. The van der Waals surface area contributed by atoms with Crippen molar-refractivity contribution < 1.29 is 31.5 Å². The highest BCUT2D eigenvalue weighted by molar-refractivity contribution is 7.91. The van der Waals surface area contributed by atoms with E-state index in [1.54, 1.807) is 12.1 Å². The second-order valence-electron chi connectivity index (χ2n) is 10.2. The van der Waals surface area contributed by atoms with Crippen LogP contribution < -0.4 is 10.6 Å². The largest absolute Gasteiger partial charge is 0.390 e. The van der Waals surface area contributed by atoms with E-state index in [-0.39, 0.29) is 17.9 Å². The predicted molar refractivity (Wildman–Crippen MR) is 140 cm³/mol. The Kier molecular flexibility index (Phi) is 7.19. The fraction of sp³-hybridized carbons (Fsp3) is 0.407. The number of aromatic nitrogens is 2. The number of halogens is 3. The minimum absolute atomic E-state index is 0.0285. The third-order valence-electron chi connectivity index (χ3n) is 7.64. The van der Waals surface area contributed by atoms with E-state index in [1.165, 1.54) is 28.9 Å². The number of alkyl halides is 2. The van der Waals surface area contributed by atoms with Crippen LogP contribution in [0.3, 0.4) is 0 Å². The summed E-state index contributed by atoms with van der Waals surface area (Å²) < 4.78 is 67.3. The van der Waals surface area contributed by atoms with Crippen molar-refractivity contribution in [2.24, 2.45) is 11.7 Å². The Hall–Kier alpha value is -3.38. The highest BCUT2D eigenvalue weighted by Crippen LogP contribution is 2.47. The molecule has 3 aromatic rings. The number of hydrogen-bond acceptors (Lipinski definition) is 6. The number of sulfone groups is 1. The molecule has 12 heteroatoms. The molecule has 0 radical (unpaired) electrons. The molecule has 0 spiro atoms. The summed E-state index contributed by atoms with van der Waals surface area (Å²) in [6, 6.07) is 12.7. The van der Waals surface area contributed by atoms with Crippen LogP contribution in [-0.4, -0.2) is 59.7 Å². The lowest BCUT2D eigenvalue weighted by molar-refractivity contribution is -0.130. The van der Waals surface area contributed by atoms with Crippen molar-refractivity contribution >= 4 is 21.4 Å². The van der Waals surface area contributed by atoms with Crippen molar-refractivity contribution in [3.8, 4) is 16.8 Å². The van der Waals surface area contributed by atoms with Gasteiger partial charge in [-0.25, -0.2) is 26.3 Å². The number of anilines is 1. The molecule has 2 aliphatic rings. The van der Waals surface area contributed by atoms with Crippen LogP contribution in [-0.2, 0) is 21.2 Å². The number of aliphatic hydroxyl groups is 1. The van der Waals surface area contributed by atoms with Gasteiger partial charge in [0.2, 0.25) is 11.8 Å². The van der Waals surface area contributed by atoms with Crippen molar-refractivity contribution in [1.29, 1.82) is 0 Å². The van der Waals surface area contributed by atoms with Gasteiger partial charge in [-0.1, -0.05) is 12.1 Å². The number of hydrogen-bond donors (Lipinski definition) is 2. The van der Waals surface area contributed by atoms with E-state index < -0.39 is 58.8 Å². The molecular formula is C27H29F3N4O4S. The topological polar surface area (TPSA) is 119 Å². The van der Waals surface area contributed by atoms with Gasteiger partial charge in [-0.15, -0.1) is 0 Å². The average Bonchev–Trinajstić information content (AvgIpc) is 3.28. The summed E-state index contributed by atoms with van der Waals surface area (Å²) in [4.78, 5) is 14.3. The third kappa shape index (κ3) is 5.53. The van der Waals surface area contributed by atoms with Gasteiger partial charge in [-0.3, -0.25) is 4.79 Å². The van der Waals surface area contributed by atoms with Gasteiger partial charge in [-0.05, 0) is 48.4 Å². The maximum atomic E-state index is 14.3. The predicted octanol–water partition coefficient (Wildman–Crippen LogP) is 3.41. The first kappa shape index (κ1) is 27.2. The number of carbonyl (C=O) groups excluding carboxylic acids is 1. The number of carbonyl (C=O) groups is 1. The molecule has 208 valence electrons. The Morgan fingerprint density at radius 2 is 1.67 bits per heavy atom. The Morgan fingerprint density at radius 1 is 1.05 bits per heavy atom. The fourth-order valence-electron chi connectivity index (χ4n) is 5.56. The van der Waals surface area contributed by atoms with E-state index in [1.807, 2.05) is 17.0 Å². The number of benzene rings is 2. The first-order chi connectivity index (χ1) is 18.5. The molecule has 39 heavy (non-hydrogen) atoms. The van der Waals surface area contributed by atoms with Gasteiger partial charge in [0, 0.05) is 43.1 Å². The van der Waals surface area contributed by atoms with Crippen molar-refractivity contribution in [2.75, 3.05) is 29.5 Å². The van der Waals surface area contributed by atoms with Crippen LogP contribution in [0.5, 0.6) is 0 Å². The Bertz CT molecular complexity index is 1460. The van der Waals surface area contributed by atoms with Gasteiger partial charge in [0.1, 0.15) is 5.82 Å². The molecule has 1 saturated heterocycles. The lowest BCUT2D eigenvalue weighted by Crippen LogP contribution is -2.40. The van der Waals surface area contributed by atoms with Crippen molar-refractivity contribution in [3.63, 3.8) is 0 Å². The zero-order valence-corrected chi connectivity index (χ0v) is 21.9. The van der Waals surface area contributed by atoms with Gasteiger partial charge < -0.3 is 15.7 Å². The molecular weight excluding hydrogens is 533 g/mol. The van der Waals surface area contributed by atoms with Crippen molar-refractivity contribution in [3.05, 3.63) is 65.7 Å². The zero-order chi connectivity index (χ0) is 27.9. The van der Waals surface area contributed by atoms with Crippen LogP contribution in [0, 0.1) is 11.7 Å². The molecule has 1 aromatic heterocycles. The Morgan fingerprint density at radius 3 is 2.26 bits per heavy atom. The van der Waals surface area contributed by atoms with E-state index in [0.717, 1.165) is 5.69 Å². The lowest BCUT2D eigenvalue weighted by atomic mass is 9.74. The summed E-state index contributed by atoms with van der Waals surface area (Å²) in [7, 11) is -3.04. The summed E-state index contributed by atoms with van der Waals surface area (Å²) in [5.41, 5.74) is 8.71.